The lowest BCUT2D eigenvalue weighted by molar-refractivity contribution is -0.133. The van der Waals surface area contributed by atoms with Crippen molar-refractivity contribution < 1.29 is 9.53 Å². The number of hydrogen-bond donors (Lipinski definition) is 1. The monoisotopic (exact) mass is 296 g/mol. The quantitative estimate of drug-likeness (QED) is 0.908. The Balaban J connectivity index is 2.31. The van der Waals surface area contributed by atoms with Crippen molar-refractivity contribution in [3.63, 3.8) is 0 Å². The maximum Gasteiger partial charge on any atom is 0.241 e. The van der Waals surface area contributed by atoms with Crippen molar-refractivity contribution in [3.05, 3.63) is 34.9 Å². The predicted molar refractivity (Wildman–Crippen MR) is 79.6 cm³/mol. The molecule has 1 aliphatic rings. The summed E-state index contributed by atoms with van der Waals surface area (Å²) in [5.74, 6) is 0.127. The molecule has 0 spiro atoms. The first-order chi connectivity index (χ1) is 9.58. The van der Waals surface area contributed by atoms with Crippen LogP contribution in [0.3, 0.4) is 0 Å². The van der Waals surface area contributed by atoms with Crippen LogP contribution in [0.2, 0.25) is 5.02 Å². The van der Waals surface area contributed by atoms with Crippen LogP contribution in [-0.2, 0) is 9.53 Å². The number of nitrogens with zero attached hydrogens (tertiary/aromatic N) is 1. The number of hydrogen-bond acceptors (Lipinski definition) is 3. The van der Waals surface area contributed by atoms with Crippen molar-refractivity contribution in [1.82, 2.24) is 10.2 Å². The summed E-state index contributed by atoms with van der Waals surface area (Å²) in [5, 5.41) is 4.06. The third-order valence-corrected chi connectivity index (χ3v) is 3.88. The fourth-order valence-corrected chi connectivity index (χ4v) is 2.87. The second-order valence-electron chi connectivity index (χ2n) is 5.13. The van der Waals surface area contributed by atoms with Gasteiger partial charge in [-0.2, -0.15) is 0 Å². The van der Waals surface area contributed by atoms with Crippen molar-refractivity contribution in [2.24, 2.45) is 0 Å². The fraction of sp³-hybridized carbons (Fsp3) is 0.533. The van der Waals surface area contributed by atoms with Crippen molar-refractivity contribution in [3.8, 4) is 0 Å². The summed E-state index contributed by atoms with van der Waals surface area (Å²) in [4.78, 5) is 14.4. The highest BCUT2D eigenvalue weighted by atomic mass is 35.5. The van der Waals surface area contributed by atoms with Crippen molar-refractivity contribution in [1.29, 1.82) is 0 Å². The van der Waals surface area contributed by atoms with Crippen LogP contribution in [0, 0.1) is 0 Å². The maximum atomic E-state index is 12.5. The minimum atomic E-state index is -0.142. The summed E-state index contributed by atoms with van der Waals surface area (Å²) < 4.78 is 5.19. The van der Waals surface area contributed by atoms with Gasteiger partial charge in [0.1, 0.15) is 6.17 Å². The second-order valence-corrected chi connectivity index (χ2v) is 5.57. The average Bonchev–Trinajstić information content (AvgIpc) is 2.76. The van der Waals surface area contributed by atoms with E-state index in [2.05, 4.69) is 5.32 Å². The first-order valence-corrected chi connectivity index (χ1v) is 7.29. The molecule has 3 unspecified atom stereocenters. The van der Waals surface area contributed by atoms with Gasteiger partial charge in [0.2, 0.25) is 5.91 Å². The third kappa shape index (κ3) is 2.97. The Hall–Kier alpha value is -1.10. The second kappa shape index (κ2) is 6.57. The summed E-state index contributed by atoms with van der Waals surface area (Å²) in [6, 6.07) is 7.50. The Morgan fingerprint density at radius 3 is 2.85 bits per heavy atom. The van der Waals surface area contributed by atoms with Crippen molar-refractivity contribution in [2.45, 2.75) is 38.5 Å². The van der Waals surface area contributed by atoms with Gasteiger partial charge in [0.05, 0.1) is 18.7 Å². The molecule has 1 fully saturated rings. The molecule has 0 saturated carbocycles. The van der Waals surface area contributed by atoms with Crippen LogP contribution < -0.4 is 5.32 Å². The lowest BCUT2D eigenvalue weighted by Crippen LogP contribution is -2.40. The van der Waals surface area contributed by atoms with Crippen molar-refractivity contribution >= 4 is 17.5 Å². The molecule has 1 amide bonds. The van der Waals surface area contributed by atoms with E-state index in [-0.39, 0.29) is 24.2 Å². The van der Waals surface area contributed by atoms with E-state index in [9.17, 15) is 4.79 Å². The van der Waals surface area contributed by atoms with E-state index in [1.165, 1.54) is 0 Å². The van der Waals surface area contributed by atoms with E-state index >= 15 is 0 Å². The smallest absolute Gasteiger partial charge is 0.241 e. The van der Waals surface area contributed by atoms with Crippen molar-refractivity contribution in [2.75, 3.05) is 13.7 Å². The zero-order valence-corrected chi connectivity index (χ0v) is 12.9. The van der Waals surface area contributed by atoms with Crippen LogP contribution in [0.15, 0.2) is 24.3 Å². The minimum Gasteiger partial charge on any atom is -0.383 e. The van der Waals surface area contributed by atoms with Crippen LogP contribution in [0.25, 0.3) is 0 Å². The maximum absolute atomic E-state index is 12.5. The molecular formula is C15H21ClN2O2. The third-order valence-electron chi connectivity index (χ3n) is 3.65. The molecular weight excluding hydrogens is 276 g/mol. The summed E-state index contributed by atoms with van der Waals surface area (Å²) in [6.45, 7) is 4.52. The van der Waals surface area contributed by atoms with Crippen LogP contribution in [0.5, 0.6) is 0 Å². The Bertz CT molecular complexity index is 481. The number of halogens is 1. The standard InChI is InChI=1S/C15H21ClN2O2/c1-4-13-15(19)18(10(2)9-20-3)14(17-13)11-6-5-7-12(16)8-11/h5-8,10,13-14,17H,4,9H2,1-3H3. The van der Waals surface area contributed by atoms with E-state index in [1.54, 1.807) is 7.11 Å². The summed E-state index contributed by atoms with van der Waals surface area (Å²) in [6.07, 6.45) is 0.628. The van der Waals surface area contributed by atoms with Gasteiger partial charge in [-0.3, -0.25) is 10.1 Å². The molecule has 3 atom stereocenters. The van der Waals surface area contributed by atoms with Gasteiger partial charge in [-0.1, -0.05) is 30.7 Å². The minimum absolute atomic E-state index is 0.0144. The summed E-state index contributed by atoms with van der Waals surface area (Å²) in [5.41, 5.74) is 1.00. The molecule has 110 valence electrons. The highest BCUT2D eigenvalue weighted by Gasteiger charge is 2.41. The first-order valence-electron chi connectivity index (χ1n) is 6.91. The molecule has 1 saturated heterocycles. The van der Waals surface area contributed by atoms with Gasteiger partial charge < -0.3 is 9.64 Å². The zero-order chi connectivity index (χ0) is 14.7. The van der Waals surface area contributed by atoms with Gasteiger partial charge in [-0.15, -0.1) is 0 Å². The highest BCUT2D eigenvalue weighted by Crippen LogP contribution is 2.29. The molecule has 1 heterocycles. The van der Waals surface area contributed by atoms with E-state index in [0.717, 1.165) is 12.0 Å². The normalized spacial score (nSPS) is 24.2. The molecule has 4 nitrogen and oxygen atoms in total. The lowest BCUT2D eigenvalue weighted by atomic mass is 10.1. The number of carbonyl (C=O) groups is 1. The number of amides is 1. The van der Waals surface area contributed by atoms with Crippen LogP contribution >= 0.6 is 11.6 Å². The average molecular weight is 297 g/mol. The lowest BCUT2D eigenvalue weighted by Gasteiger charge is -2.30. The summed E-state index contributed by atoms with van der Waals surface area (Å²) >= 11 is 6.06. The molecule has 1 N–H and O–H groups in total. The highest BCUT2D eigenvalue weighted by molar-refractivity contribution is 6.30. The molecule has 5 heteroatoms. The topological polar surface area (TPSA) is 41.6 Å². The van der Waals surface area contributed by atoms with E-state index in [4.69, 9.17) is 16.3 Å². The Kier molecular flexibility index (Phi) is 5.02. The molecule has 0 bridgehead atoms. The number of benzene rings is 1. The van der Waals surface area contributed by atoms with E-state index in [0.29, 0.717) is 11.6 Å². The first kappa shape index (κ1) is 15.3. The molecule has 0 aromatic heterocycles. The molecule has 20 heavy (non-hydrogen) atoms. The van der Waals surface area contributed by atoms with Gasteiger partial charge in [0, 0.05) is 12.1 Å². The Morgan fingerprint density at radius 2 is 2.25 bits per heavy atom. The van der Waals surface area contributed by atoms with E-state index in [1.807, 2.05) is 43.0 Å². The van der Waals surface area contributed by atoms with Gasteiger partial charge in [-0.05, 0) is 31.0 Å². The van der Waals surface area contributed by atoms with Crippen LogP contribution in [-0.4, -0.2) is 36.6 Å². The largest absolute Gasteiger partial charge is 0.383 e. The van der Waals surface area contributed by atoms with Gasteiger partial charge in [-0.25, -0.2) is 0 Å². The Morgan fingerprint density at radius 1 is 1.50 bits per heavy atom. The van der Waals surface area contributed by atoms with Gasteiger partial charge >= 0.3 is 0 Å². The van der Waals surface area contributed by atoms with Crippen LogP contribution in [0.4, 0.5) is 0 Å². The van der Waals surface area contributed by atoms with Gasteiger partial charge in [0.15, 0.2) is 0 Å². The SMILES string of the molecule is CCC1NC(c2cccc(Cl)c2)N(C(C)COC)C1=O. The van der Waals surface area contributed by atoms with Crippen LogP contribution in [0.1, 0.15) is 32.0 Å². The predicted octanol–water partition coefficient (Wildman–Crippen LogP) is 2.58. The van der Waals surface area contributed by atoms with E-state index < -0.39 is 0 Å². The molecule has 0 radical (unpaired) electrons. The molecule has 2 rings (SSSR count). The number of nitrogens with one attached hydrogen (secondary N) is 1. The summed E-state index contributed by atoms with van der Waals surface area (Å²) in [7, 11) is 1.65. The Labute approximate surface area is 125 Å². The number of ether oxygens (including phenoxy) is 1. The molecule has 1 aliphatic heterocycles. The number of rotatable bonds is 5. The molecule has 1 aromatic rings. The molecule has 1 aromatic carbocycles. The zero-order valence-electron chi connectivity index (χ0n) is 12.1. The molecule has 0 aliphatic carbocycles. The fourth-order valence-electron chi connectivity index (χ4n) is 2.67. The number of carbonyl (C=O) groups excluding carboxylic acids is 1. The van der Waals surface area contributed by atoms with Gasteiger partial charge in [0.25, 0.3) is 0 Å². The number of methoxy groups -OCH3 is 1.